The van der Waals surface area contributed by atoms with Crippen molar-refractivity contribution in [2.75, 3.05) is 5.32 Å². The molecule has 0 aliphatic rings. The minimum atomic E-state index is 0.730. The quantitative estimate of drug-likeness (QED) is 0.614. The summed E-state index contributed by atoms with van der Waals surface area (Å²) < 4.78 is 6.15. The molecule has 0 aliphatic heterocycles. The van der Waals surface area contributed by atoms with Gasteiger partial charge in [-0.1, -0.05) is 30.3 Å². The number of aryl methyl sites for hydroxylation is 1. The Morgan fingerprint density at radius 2 is 1.96 bits per heavy atom. The van der Waals surface area contributed by atoms with E-state index in [9.17, 15) is 0 Å². The van der Waals surface area contributed by atoms with E-state index in [2.05, 4.69) is 37.7 Å². The van der Waals surface area contributed by atoms with Crippen LogP contribution in [0.15, 0.2) is 61.1 Å². The summed E-state index contributed by atoms with van der Waals surface area (Å²) in [6.07, 6.45) is 5.35. The Morgan fingerprint density at radius 3 is 2.79 bits per heavy atom. The zero-order valence-corrected chi connectivity index (χ0v) is 13.7. The van der Waals surface area contributed by atoms with Crippen molar-refractivity contribution in [1.29, 1.82) is 0 Å². The van der Waals surface area contributed by atoms with E-state index in [0.29, 0.717) is 0 Å². The van der Waals surface area contributed by atoms with Crippen LogP contribution in [0.25, 0.3) is 17.2 Å². The highest BCUT2D eigenvalue weighted by Gasteiger charge is 2.10. The van der Waals surface area contributed by atoms with Crippen LogP contribution in [0.2, 0.25) is 0 Å². The molecule has 0 amide bonds. The van der Waals surface area contributed by atoms with Gasteiger partial charge in [0, 0.05) is 23.3 Å². The lowest BCUT2D eigenvalue weighted by Gasteiger charge is -2.00. The first kappa shape index (κ1) is 14.5. The highest BCUT2D eigenvalue weighted by molar-refractivity contribution is 7.09. The second-order valence-corrected chi connectivity index (χ2v) is 5.98. The molecule has 0 radical (unpaired) electrons. The lowest BCUT2D eigenvalue weighted by atomic mass is 10.1. The SMILES string of the molecule is Cc1ccccc1-c1nsc(Nc2cnn(-c3ccccn3)c2)n1. The number of benzene rings is 1. The molecule has 0 bridgehead atoms. The van der Waals surface area contributed by atoms with E-state index in [1.807, 2.05) is 42.6 Å². The summed E-state index contributed by atoms with van der Waals surface area (Å²) in [5.41, 5.74) is 3.05. The fourth-order valence-electron chi connectivity index (χ4n) is 2.33. The van der Waals surface area contributed by atoms with Crippen molar-refractivity contribution in [3.8, 4) is 17.2 Å². The second kappa shape index (κ2) is 6.21. The van der Waals surface area contributed by atoms with Gasteiger partial charge >= 0.3 is 0 Å². The average Bonchev–Trinajstić information content (AvgIpc) is 3.26. The van der Waals surface area contributed by atoms with E-state index >= 15 is 0 Å². The lowest BCUT2D eigenvalue weighted by Crippen LogP contribution is -1.96. The molecule has 0 saturated heterocycles. The molecule has 4 rings (SSSR count). The van der Waals surface area contributed by atoms with Crippen molar-refractivity contribution in [3.05, 3.63) is 66.6 Å². The summed E-state index contributed by atoms with van der Waals surface area (Å²) in [7, 11) is 0. The number of nitrogens with one attached hydrogen (secondary N) is 1. The van der Waals surface area contributed by atoms with Crippen molar-refractivity contribution in [2.45, 2.75) is 6.92 Å². The molecule has 24 heavy (non-hydrogen) atoms. The Labute approximate surface area is 143 Å². The number of hydrogen-bond acceptors (Lipinski definition) is 6. The van der Waals surface area contributed by atoms with Gasteiger partial charge in [-0.3, -0.25) is 0 Å². The summed E-state index contributed by atoms with van der Waals surface area (Å²) >= 11 is 1.33. The van der Waals surface area contributed by atoms with Crippen LogP contribution in [0.3, 0.4) is 0 Å². The predicted octanol–water partition coefficient (Wildman–Crippen LogP) is 3.84. The standard InChI is InChI=1S/C17H14N6S/c1-12-6-2-3-7-14(12)16-21-17(24-22-16)20-13-10-19-23(11-13)15-8-4-5-9-18-15/h2-11H,1H3,(H,20,21,22). The summed E-state index contributed by atoms with van der Waals surface area (Å²) in [4.78, 5) is 8.83. The van der Waals surface area contributed by atoms with Crippen LogP contribution >= 0.6 is 11.5 Å². The molecular weight excluding hydrogens is 320 g/mol. The molecule has 3 heterocycles. The van der Waals surface area contributed by atoms with Crippen molar-refractivity contribution in [3.63, 3.8) is 0 Å². The summed E-state index contributed by atoms with van der Waals surface area (Å²) in [5, 5.41) is 8.28. The maximum Gasteiger partial charge on any atom is 0.207 e. The smallest absolute Gasteiger partial charge is 0.207 e. The maximum absolute atomic E-state index is 4.56. The van der Waals surface area contributed by atoms with Crippen LogP contribution in [0.1, 0.15) is 5.56 Å². The number of rotatable bonds is 4. The van der Waals surface area contributed by atoms with Gasteiger partial charge in [-0.05, 0) is 24.6 Å². The van der Waals surface area contributed by atoms with Crippen LogP contribution in [0, 0.1) is 6.92 Å². The zero-order valence-electron chi connectivity index (χ0n) is 12.9. The Hall–Kier alpha value is -3.06. The van der Waals surface area contributed by atoms with Gasteiger partial charge in [0.25, 0.3) is 0 Å². The Morgan fingerprint density at radius 1 is 1.08 bits per heavy atom. The highest BCUT2D eigenvalue weighted by Crippen LogP contribution is 2.25. The first-order valence-corrected chi connectivity index (χ1v) is 8.20. The summed E-state index contributed by atoms with van der Waals surface area (Å²) in [6.45, 7) is 2.06. The Balaban J connectivity index is 1.55. The van der Waals surface area contributed by atoms with Gasteiger partial charge in [-0.25, -0.2) is 9.67 Å². The Kier molecular flexibility index (Phi) is 3.76. The van der Waals surface area contributed by atoms with Crippen molar-refractivity contribution in [2.24, 2.45) is 0 Å². The molecule has 0 unspecified atom stereocenters. The fourth-order valence-corrected chi connectivity index (χ4v) is 2.94. The molecule has 0 saturated carbocycles. The largest absolute Gasteiger partial charge is 0.328 e. The fraction of sp³-hybridized carbons (Fsp3) is 0.0588. The van der Waals surface area contributed by atoms with Crippen LogP contribution in [-0.4, -0.2) is 24.1 Å². The molecule has 0 spiro atoms. The van der Waals surface area contributed by atoms with Crippen LogP contribution in [-0.2, 0) is 0 Å². The molecule has 1 aromatic carbocycles. The van der Waals surface area contributed by atoms with Gasteiger partial charge in [0.05, 0.1) is 18.1 Å². The molecule has 3 aromatic heterocycles. The van der Waals surface area contributed by atoms with Crippen LogP contribution in [0.4, 0.5) is 10.8 Å². The van der Waals surface area contributed by atoms with E-state index in [1.165, 1.54) is 11.5 Å². The molecule has 7 heteroatoms. The average molecular weight is 334 g/mol. The number of hydrogen-bond donors (Lipinski definition) is 1. The molecule has 118 valence electrons. The van der Waals surface area contributed by atoms with Gasteiger partial charge in [-0.15, -0.1) is 0 Å². The molecule has 1 N–H and O–H groups in total. The van der Waals surface area contributed by atoms with Crippen molar-refractivity contribution >= 4 is 22.4 Å². The Bertz CT molecular complexity index is 960. The topological polar surface area (TPSA) is 68.5 Å². The van der Waals surface area contributed by atoms with Crippen LogP contribution in [0.5, 0.6) is 0 Å². The van der Waals surface area contributed by atoms with Gasteiger partial charge in [0.1, 0.15) is 0 Å². The van der Waals surface area contributed by atoms with E-state index < -0.39 is 0 Å². The zero-order chi connectivity index (χ0) is 16.4. The minimum absolute atomic E-state index is 0.730. The molecular formula is C17H14N6S. The third kappa shape index (κ3) is 2.89. The normalized spacial score (nSPS) is 10.7. The monoisotopic (exact) mass is 334 g/mol. The first-order chi connectivity index (χ1) is 11.8. The minimum Gasteiger partial charge on any atom is -0.328 e. The summed E-state index contributed by atoms with van der Waals surface area (Å²) in [5.74, 6) is 1.50. The van der Waals surface area contributed by atoms with E-state index in [-0.39, 0.29) is 0 Å². The maximum atomic E-state index is 4.56. The number of anilines is 2. The number of pyridine rings is 1. The molecule has 4 aromatic rings. The van der Waals surface area contributed by atoms with Gasteiger partial charge in [0.15, 0.2) is 11.6 Å². The van der Waals surface area contributed by atoms with Gasteiger partial charge in [0.2, 0.25) is 5.13 Å². The van der Waals surface area contributed by atoms with Gasteiger partial charge < -0.3 is 5.32 Å². The van der Waals surface area contributed by atoms with E-state index in [0.717, 1.165) is 33.6 Å². The van der Waals surface area contributed by atoms with Crippen molar-refractivity contribution < 1.29 is 0 Å². The molecule has 0 fully saturated rings. The number of nitrogens with zero attached hydrogens (tertiary/aromatic N) is 5. The first-order valence-electron chi connectivity index (χ1n) is 7.42. The third-order valence-corrected chi connectivity index (χ3v) is 4.16. The van der Waals surface area contributed by atoms with E-state index in [4.69, 9.17) is 0 Å². The predicted molar refractivity (Wildman–Crippen MR) is 94.7 cm³/mol. The second-order valence-electron chi connectivity index (χ2n) is 5.22. The number of aromatic nitrogens is 5. The molecule has 0 aliphatic carbocycles. The molecule has 0 atom stereocenters. The van der Waals surface area contributed by atoms with Crippen LogP contribution < -0.4 is 5.32 Å². The highest BCUT2D eigenvalue weighted by atomic mass is 32.1. The van der Waals surface area contributed by atoms with E-state index in [1.54, 1.807) is 17.1 Å². The molecule has 6 nitrogen and oxygen atoms in total. The third-order valence-electron chi connectivity index (χ3n) is 3.53. The van der Waals surface area contributed by atoms with Crippen molar-refractivity contribution in [1.82, 2.24) is 24.1 Å². The summed E-state index contributed by atoms with van der Waals surface area (Å²) in [6, 6.07) is 13.8. The van der Waals surface area contributed by atoms with Gasteiger partial charge in [-0.2, -0.15) is 14.5 Å². The lowest BCUT2D eigenvalue weighted by molar-refractivity contribution is 0.847.